The zero-order chi connectivity index (χ0) is 11.5. The molecule has 0 aromatic heterocycles. The van der Waals surface area contributed by atoms with Crippen molar-refractivity contribution in [3.63, 3.8) is 0 Å². The smallest absolute Gasteiger partial charge is 0.336 e. The third kappa shape index (κ3) is 3.36. The molecule has 88 valence electrons. The van der Waals surface area contributed by atoms with Crippen LogP contribution in [0.5, 0.6) is 0 Å². The Hall–Kier alpha value is -0.260. The third-order valence-electron chi connectivity index (χ3n) is 2.92. The van der Waals surface area contributed by atoms with E-state index in [1.165, 1.54) is 19.8 Å². The van der Waals surface area contributed by atoms with Crippen LogP contribution in [0.4, 0.5) is 0 Å². The lowest BCUT2D eigenvalue weighted by molar-refractivity contribution is -0.156. The molecule has 0 spiro atoms. The molecule has 3 unspecified atom stereocenters. The Morgan fingerprint density at radius 2 is 2.27 bits per heavy atom. The van der Waals surface area contributed by atoms with Crippen molar-refractivity contribution in [1.82, 2.24) is 5.32 Å². The van der Waals surface area contributed by atoms with Crippen LogP contribution in [0.25, 0.3) is 0 Å². The molecule has 0 bridgehead atoms. The summed E-state index contributed by atoms with van der Waals surface area (Å²) in [5.74, 6) is -1.17. The maximum atomic E-state index is 10.7. The first kappa shape index (κ1) is 12.8. The Bertz CT molecular complexity index is 233. The normalized spacial score (nSPS) is 30.1. The maximum Gasteiger partial charge on any atom is 0.336 e. The summed E-state index contributed by atoms with van der Waals surface area (Å²) in [7, 11) is 0. The van der Waals surface area contributed by atoms with Crippen LogP contribution in [-0.2, 0) is 4.79 Å². The molecule has 1 aliphatic rings. The van der Waals surface area contributed by atoms with Crippen LogP contribution in [-0.4, -0.2) is 45.9 Å². The predicted molar refractivity (Wildman–Crippen MR) is 61.2 cm³/mol. The molecule has 0 aliphatic heterocycles. The van der Waals surface area contributed by atoms with E-state index >= 15 is 0 Å². The Balaban J connectivity index is 2.39. The summed E-state index contributed by atoms with van der Waals surface area (Å²) in [5.41, 5.74) is -1.66. The van der Waals surface area contributed by atoms with Crippen LogP contribution in [0, 0.1) is 0 Å². The summed E-state index contributed by atoms with van der Waals surface area (Å²) in [4.78, 5) is 10.7. The summed E-state index contributed by atoms with van der Waals surface area (Å²) >= 11 is 1.81. The summed E-state index contributed by atoms with van der Waals surface area (Å²) < 4.78 is 0. The molecule has 0 aromatic rings. The Morgan fingerprint density at radius 3 is 2.80 bits per heavy atom. The second-order valence-corrected chi connectivity index (χ2v) is 5.35. The molecular formula is C10H19NO3S. The van der Waals surface area contributed by atoms with E-state index in [0.29, 0.717) is 11.3 Å². The van der Waals surface area contributed by atoms with Gasteiger partial charge in [-0.1, -0.05) is 6.42 Å². The van der Waals surface area contributed by atoms with E-state index < -0.39 is 11.6 Å². The molecule has 0 radical (unpaired) electrons. The highest BCUT2D eigenvalue weighted by molar-refractivity contribution is 7.99. The summed E-state index contributed by atoms with van der Waals surface area (Å²) in [5, 5.41) is 22.0. The molecular weight excluding hydrogens is 214 g/mol. The number of rotatable bonds is 5. The van der Waals surface area contributed by atoms with Crippen molar-refractivity contribution in [3.8, 4) is 0 Å². The van der Waals surface area contributed by atoms with Crippen LogP contribution in [0.15, 0.2) is 0 Å². The number of carbonyl (C=O) groups is 1. The highest BCUT2D eigenvalue weighted by Crippen LogP contribution is 2.28. The van der Waals surface area contributed by atoms with Gasteiger partial charge in [0.1, 0.15) is 0 Å². The van der Waals surface area contributed by atoms with E-state index in [0.717, 1.165) is 6.42 Å². The molecule has 0 saturated heterocycles. The highest BCUT2D eigenvalue weighted by atomic mass is 32.2. The number of aliphatic carboxylic acids is 1. The molecule has 3 atom stereocenters. The predicted octanol–water partition coefficient (Wildman–Crippen LogP) is 0.696. The van der Waals surface area contributed by atoms with Gasteiger partial charge in [-0.05, 0) is 26.0 Å². The minimum Gasteiger partial charge on any atom is -0.479 e. The maximum absolute atomic E-state index is 10.7. The van der Waals surface area contributed by atoms with Gasteiger partial charge in [-0.3, -0.25) is 0 Å². The second-order valence-electron chi connectivity index (χ2n) is 4.27. The average molecular weight is 233 g/mol. The van der Waals surface area contributed by atoms with Crippen molar-refractivity contribution in [3.05, 3.63) is 0 Å². The SMILES string of the molecule is CSC1CCCC1NCC(C)(O)C(=O)O. The number of hydrogen-bond donors (Lipinski definition) is 3. The lowest BCUT2D eigenvalue weighted by Crippen LogP contribution is -2.49. The minimum atomic E-state index is -1.66. The Morgan fingerprint density at radius 1 is 1.60 bits per heavy atom. The molecule has 1 saturated carbocycles. The number of thioether (sulfide) groups is 1. The Kier molecular flexibility index (Phi) is 4.43. The number of carboxylic acid groups (broad SMARTS) is 1. The number of aliphatic hydroxyl groups is 1. The van der Waals surface area contributed by atoms with Crippen molar-refractivity contribution in [1.29, 1.82) is 0 Å². The molecule has 5 heteroatoms. The summed E-state index contributed by atoms with van der Waals surface area (Å²) in [6, 6.07) is 0.339. The highest BCUT2D eigenvalue weighted by Gasteiger charge is 2.33. The van der Waals surface area contributed by atoms with E-state index in [1.807, 2.05) is 11.8 Å². The van der Waals surface area contributed by atoms with Crippen LogP contribution >= 0.6 is 11.8 Å². The molecule has 15 heavy (non-hydrogen) atoms. The zero-order valence-electron chi connectivity index (χ0n) is 9.19. The van der Waals surface area contributed by atoms with E-state index in [9.17, 15) is 9.90 Å². The lowest BCUT2D eigenvalue weighted by atomic mass is 10.1. The molecule has 1 rings (SSSR count). The molecule has 0 amide bonds. The molecule has 1 fully saturated rings. The first-order valence-corrected chi connectivity index (χ1v) is 6.48. The largest absolute Gasteiger partial charge is 0.479 e. The van der Waals surface area contributed by atoms with Gasteiger partial charge < -0.3 is 15.5 Å². The Labute approximate surface area is 94.4 Å². The van der Waals surface area contributed by atoms with Crippen LogP contribution < -0.4 is 5.32 Å². The van der Waals surface area contributed by atoms with E-state index in [4.69, 9.17) is 5.11 Å². The van der Waals surface area contributed by atoms with Gasteiger partial charge in [0.15, 0.2) is 5.60 Å². The standard InChI is InChI=1S/C10H19NO3S/c1-10(14,9(12)13)6-11-7-4-3-5-8(7)15-2/h7-8,11,14H,3-6H2,1-2H3,(H,12,13). The van der Waals surface area contributed by atoms with Crippen LogP contribution in [0.2, 0.25) is 0 Å². The van der Waals surface area contributed by atoms with Gasteiger partial charge in [-0.25, -0.2) is 4.79 Å². The van der Waals surface area contributed by atoms with E-state index in [2.05, 4.69) is 11.6 Å². The molecule has 1 aliphatic carbocycles. The van der Waals surface area contributed by atoms with Crippen molar-refractivity contribution in [2.75, 3.05) is 12.8 Å². The van der Waals surface area contributed by atoms with Crippen molar-refractivity contribution < 1.29 is 15.0 Å². The van der Waals surface area contributed by atoms with Crippen LogP contribution in [0.3, 0.4) is 0 Å². The van der Waals surface area contributed by atoms with Gasteiger partial charge in [-0.2, -0.15) is 11.8 Å². The molecule has 4 nitrogen and oxygen atoms in total. The summed E-state index contributed by atoms with van der Waals surface area (Å²) in [6.45, 7) is 1.44. The van der Waals surface area contributed by atoms with Gasteiger partial charge in [-0.15, -0.1) is 0 Å². The van der Waals surface area contributed by atoms with E-state index in [1.54, 1.807) is 0 Å². The van der Waals surface area contributed by atoms with E-state index in [-0.39, 0.29) is 6.54 Å². The molecule has 0 heterocycles. The lowest BCUT2D eigenvalue weighted by Gasteiger charge is -2.24. The summed E-state index contributed by atoms with van der Waals surface area (Å²) in [6.07, 6.45) is 5.49. The first-order valence-electron chi connectivity index (χ1n) is 5.19. The van der Waals surface area contributed by atoms with Gasteiger partial charge >= 0.3 is 5.97 Å². The number of hydrogen-bond acceptors (Lipinski definition) is 4. The van der Waals surface area contributed by atoms with Gasteiger partial charge in [0.2, 0.25) is 0 Å². The fourth-order valence-corrected chi connectivity index (χ4v) is 2.81. The minimum absolute atomic E-state index is 0.115. The van der Waals surface area contributed by atoms with Crippen molar-refractivity contribution >= 4 is 17.7 Å². The van der Waals surface area contributed by atoms with Crippen molar-refractivity contribution in [2.24, 2.45) is 0 Å². The molecule has 0 aromatic carbocycles. The number of carboxylic acids is 1. The fourth-order valence-electron chi connectivity index (χ4n) is 1.85. The van der Waals surface area contributed by atoms with Crippen molar-refractivity contribution in [2.45, 2.75) is 43.1 Å². The quantitative estimate of drug-likeness (QED) is 0.652. The third-order valence-corrected chi connectivity index (χ3v) is 4.09. The van der Waals surface area contributed by atoms with Crippen LogP contribution in [0.1, 0.15) is 26.2 Å². The number of nitrogens with one attached hydrogen (secondary N) is 1. The zero-order valence-corrected chi connectivity index (χ0v) is 10.0. The molecule has 3 N–H and O–H groups in total. The monoisotopic (exact) mass is 233 g/mol. The van der Waals surface area contributed by atoms with Gasteiger partial charge in [0, 0.05) is 17.8 Å². The van der Waals surface area contributed by atoms with Gasteiger partial charge in [0.05, 0.1) is 0 Å². The average Bonchev–Trinajstić information content (AvgIpc) is 2.61. The topological polar surface area (TPSA) is 69.6 Å². The second kappa shape index (κ2) is 5.18. The fraction of sp³-hybridized carbons (Fsp3) is 0.900. The first-order chi connectivity index (χ1) is 6.97. The van der Waals surface area contributed by atoms with Gasteiger partial charge in [0.25, 0.3) is 0 Å².